The zero-order valence-corrected chi connectivity index (χ0v) is 51.1. The fourth-order valence-electron chi connectivity index (χ4n) is 9.73. The Hall–Kier alpha value is -6.23. The van der Waals surface area contributed by atoms with E-state index in [4.69, 9.17) is 18.9 Å². The van der Waals surface area contributed by atoms with E-state index in [1.165, 1.54) is 32.6 Å². The van der Waals surface area contributed by atoms with E-state index in [0.29, 0.717) is 6.42 Å². The lowest BCUT2D eigenvalue weighted by Gasteiger charge is -2.48. The number of likely N-dealkylation sites (tertiary alicyclic amines) is 1. The molecule has 10 amide bonds. The van der Waals surface area contributed by atoms with Crippen LogP contribution in [0.1, 0.15) is 110 Å². The fourth-order valence-corrected chi connectivity index (χ4v) is 9.73. The van der Waals surface area contributed by atoms with Gasteiger partial charge in [-0.05, 0) is 64.2 Å². The maximum Gasteiger partial charge on any atom is 0.325 e. The van der Waals surface area contributed by atoms with Gasteiger partial charge < -0.3 is 107 Å². The number of nitrogens with zero attached hydrogens (tertiary/aromatic N) is 1. The number of aliphatic carboxylic acids is 1. The van der Waals surface area contributed by atoms with Crippen LogP contribution in [0.15, 0.2) is 0 Å². The normalized spacial score (nSPS) is 27.2. The Kier molecular flexibility index (Phi) is 28.6. The van der Waals surface area contributed by atoms with E-state index >= 15 is 0 Å². The molecule has 32 heteroatoms. The Balaban J connectivity index is 1.73. The number of carboxylic acid groups (broad SMARTS) is 1. The van der Waals surface area contributed by atoms with Gasteiger partial charge in [0.25, 0.3) is 0 Å². The largest absolute Gasteiger partial charge is 0.480 e. The summed E-state index contributed by atoms with van der Waals surface area (Å²) in [6.07, 6.45) is -16.6. The lowest BCUT2D eigenvalue weighted by atomic mass is 9.95. The summed E-state index contributed by atoms with van der Waals surface area (Å²) >= 11 is 0. The van der Waals surface area contributed by atoms with Gasteiger partial charge in [-0.25, -0.2) is 0 Å². The lowest BCUT2D eigenvalue weighted by molar-refractivity contribution is -0.347. The van der Waals surface area contributed by atoms with Gasteiger partial charge in [0.05, 0.1) is 19.3 Å². The highest BCUT2D eigenvalue weighted by molar-refractivity contribution is 5.98. The lowest BCUT2D eigenvalue weighted by Crippen LogP contribution is -2.69. The number of nitrogens with one attached hydrogen (secondary N) is 9. The molecule has 0 spiro atoms. The summed E-state index contributed by atoms with van der Waals surface area (Å²) in [6, 6.07) is -13.1. The monoisotopic (exact) mass is 1230 g/mol. The van der Waals surface area contributed by atoms with E-state index in [-0.39, 0.29) is 13.0 Å². The summed E-state index contributed by atoms with van der Waals surface area (Å²) in [5.74, 6) is -11.3. The Morgan fingerprint density at radius 1 is 0.500 bits per heavy atom. The van der Waals surface area contributed by atoms with E-state index in [9.17, 15) is 88.5 Å². The first kappa shape index (κ1) is 74.0. The molecular formula is C54H92N10O22. The number of aliphatic hydroxyl groups excluding tert-OH is 6. The molecular weight excluding hydrogens is 1140 g/mol. The van der Waals surface area contributed by atoms with Gasteiger partial charge in [0, 0.05) is 20.4 Å². The molecule has 0 aromatic rings. The van der Waals surface area contributed by atoms with Gasteiger partial charge in [0.1, 0.15) is 103 Å². The number of carbonyl (C=O) groups is 11. The molecule has 0 bridgehead atoms. The van der Waals surface area contributed by atoms with Crippen molar-refractivity contribution >= 4 is 65.0 Å². The predicted molar refractivity (Wildman–Crippen MR) is 298 cm³/mol. The van der Waals surface area contributed by atoms with Crippen LogP contribution in [-0.4, -0.2) is 247 Å². The molecule has 9 unspecified atom stereocenters. The maximum atomic E-state index is 14.4. The minimum Gasteiger partial charge on any atom is -0.480 e. The summed E-state index contributed by atoms with van der Waals surface area (Å²) < 4.78 is 23.3. The van der Waals surface area contributed by atoms with Gasteiger partial charge in [-0.3, -0.25) is 52.7 Å². The van der Waals surface area contributed by atoms with Gasteiger partial charge in [-0.2, -0.15) is 0 Å². The van der Waals surface area contributed by atoms with Crippen LogP contribution in [0.5, 0.6) is 0 Å². The first-order chi connectivity index (χ1) is 40.0. The molecule has 3 fully saturated rings. The zero-order valence-electron chi connectivity index (χ0n) is 51.1. The second kappa shape index (κ2) is 33.2. The van der Waals surface area contributed by atoms with E-state index in [1.807, 2.05) is 0 Å². The van der Waals surface area contributed by atoms with E-state index in [2.05, 4.69) is 47.9 Å². The Morgan fingerprint density at radius 2 is 0.930 bits per heavy atom. The van der Waals surface area contributed by atoms with Crippen molar-refractivity contribution < 1.29 is 107 Å². The first-order valence-corrected chi connectivity index (χ1v) is 28.8. The zero-order chi connectivity index (χ0) is 65.5. The molecule has 0 radical (unpaired) electrons. The minimum absolute atomic E-state index is 0.0486. The molecule has 0 aromatic heterocycles. The number of rotatable bonds is 29. The van der Waals surface area contributed by atoms with Crippen LogP contribution in [0.25, 0.3) is 0 Å². The number of ether oxygens (including phenoxy) is 4. The Labute approximate surface area is 499 Å². The van der Waals surface area contributed by atoms with Gasteiger partial charge in [-0.1, -0.05) is 55.4 Å². The molecule has 20 atom stereocenters. The third-order valence-corrected chi connectivity index (χ3v) is 14.9. The maximum absolute atomic E-state index is 14.4. The molecule has 32 nitrogen and oxygen atoms in total. The van der Waals surface area contributed by atoms with Crippen LogP contribution < -0.4 is 47.9 Å². The quantitative estimate of drug-likeness (QED) is 0.0331. The van der Waals surface area contributed by atoms with Gasteiger partial charge in [0.2, 0.25) is 59.1 Å². The van der Waals surface area contributed by atoms with Crippen molar-refractivity contribution in [1.29, 1.82) is 0 Å². The van der Waals surface area contributed by atoms with Gasteiger partial charge >= 0.3 is 5.97 Å². The molecule has 3 aliphatic heterocycles. The van der Waals surface area contributed by atoms with Crippen LogP contribution in [0, 0.1) is 23.7 Å². The summed E-state index contributed by atoms with van der Waals surface area (Å²) in [7, 11) is 0. The number of hydrogen-bond acceptors (Lipinski definition) is 21. The second-order valence-corrected chi connectivity index (χ2v) is 23.4. The Bertz CT molecular complexity index is 2380. The number of hydrogen-bond donors (Lipinski definition) is 16. The third-order valence-electron chi connectivity index (χ3n) is 14.9. The van der Waals surface area contributed by atoms with E-state index in [0.717, 1.165) is 13.8 Å². The van der Waals surface area contributed by atoms with Crippen molar-refractivity contribution in [1.82, 2.24) is 52.8 Å². The molecule has 3 saturated heterocycles. The van der Waals surface area contributed by atoms with Gasteiger partial charge in [-0.15, -0.1) is 0 Å². The molecule has 0 saturated carbocycles. The average Bonchev–Trinajstić information content (AvgIpc) is 1.35. The highest BCUT2D eigenvalue weighted by Gasteiger charge is 2.53. The standard InChI is InChI=1S/C54H92N10O22/c1-20(2)33(47(76)57-26(11)52(81)82)61-49(78)35(22(5)6)62-48(77)34(21(3)4)60-45(74)25(10)55-44(73)24(9)56-46(75)30-16-15-17-64(30)51(80)36(23(7)8)63-50(79)37(58-28(13)67)27(12)83-53-38(59-29(14)68)43(40(70)32(19-66)84-53)86-54-42(72)41(71)39(69)31(18-65)85-54/h20-27,30-43,53-54,65-66,69-72H,15-19H2,1-14H3,(H,55,73)(H,56,75)(H,57,76)(H,58,67)(H,59,68)(H,60,74)(H,61,78)(H,62,77)(H,63,79)(H,81,82)/t24?,25-,26-,27?,30-,31?,32?,33?,34?,35-,36?,37-,38?,39-,40-,41?,42-,43+,53-,54-/m0/s1. The minimum atomic E-state index is -1.96. The van der Waals surface area contributed by atoms with Crippen LogP contribution in [0.4, 0.5) is 0 Å². The van der Waals surface area contributed by atoms with Crippen LogP contribution in [0.2, 0.25) is 0 Å². The van der Waals surface area contributed by atoms with Gasteiger partial charge in [0.15, 0.2) is 12.6 Å². The number of carbonyl (C=O) groups excluding carboxylic acids is 10. The second-order valence-electron chi connectivity index (χ2n) is 23.4. The van der Waals surface area contributed by atoms with E-state index < -0.39 is 224 Å². The molecule has 16 N–H and O–H groups in total. The number of aliphatic hydroxyl groups is 6. The Morgan fingerprint density at radius 3 is 1.41 bits per heavy atom. The molecule has 86 heavy (non-hydrogen) atoms. The topological polar surface area (TPSA) is 478 Å². The van der Waals surface area contributed by atoms with Crippen molar-refractivity contribution in [2.45, 2.75) is 232 Å². The first-order valence-electron chi connectivity index (χ1n) is 28.8. The van der Waals surface area contributed by atoms with Crippen molar-refractivity contribution in [3.63, 3.8) is 0 Å². The number of amides is 10. The summed E-state index contributed by atoms with van der Waals surface area (Å²) in [5.41, 5.74) is 0. The van der Waals surface area contributed by atoms with E-state index in [1.54, 1.807) is 55.4 Å². The molecule has 3 rings (SSSR count). The highest BCUT2D eigenvalue weighted by Crippen LogP contribution is 2.31. The third kappa shape index (κ3) is 19.9. The number of carboxylic acids is 1. The molecule has 3 heterocycles. The van der Waals surface area contributed by atoms with Crippen LogP contribution >= 0.6 is 0 Å². The summed E-state index contributed by atoms with van der Waals surface area (Å²) in [6.45, 7) is 18.8. The SMILES string of the molecule is CC(=O)NC1[C@@H](OC(C)[C@H](NC(C)=O)C(=O)NC(C(=O)N2CCC[C@H]2C(=O)NC(C)C(=O)N[C@@H](C)C(=O)NC(C(=O)N[C@H](C(=O)NC(C(=O)N[C@@H](C)C(=O)O)C(C)C)C(C)C)C(C)C)C(C)C)OC(CO)[C@H](O)[C@@H]1O[C@@H]1OC(CO)[C@H](O)C(O)[C@@H]1O. The molecule has 490 valence electrons. The van der Waals surface area contributed by atoms with Crippen molar-refractivity contribution in [3.8, 4) is 0 Å². The smallest absolute Gasteiger partial charge is 0.325 e. The summed E-state index contributed by atoms with van der Waals surface area (Å²) in [5, 5.41) is 94.7. The van der Waals surface area contributed by atoms with Crippen LogP contribution in [-0.2, 0) is 71.7 Å². The molecule has 3 aliphatic rings. The summed E-state index contributed by atoms with van der Waals surface area (Å²) in [4.78, 5) is 148. The molecule has 0 aliphatic carbocycles. The predicted octanol–water partition coefficient (Wildman–Crippen LogP) is -6.18. The average molecular weight is 1230 g/mol. The van der Waals surface area contributed by atoms with Crippen LogP contribution in [0.3, 0.4) is 0 Å². The van der Waals surface area contributed by atoms with Crippen molar-refractivity contribution in [2.24, 2.45) is 23.7 Å². The fraction of sp³-hybridized carbons (Fsp3) is 0.796. The van der Waals surface area contributed by atoms with Crippen molar-refractivity contribution in [2.75, 3.05) is 19.8 Å². The molecule has 0 aromatic carbocycles. The highest BCUT2D eigenvalue weighted by atomic mass is 16.7. The van der Waals surface area contributed by atoms with Crippen molar-refractivity contribution in [3.05, 3.63) is 0 Å².